The van der Waals surface area contributed by atoms with E-state index in [1.54, 1.807) is 0 Å². The Hall–Kier alpha value is -2.62. The van der Waals surface area contributed by atoms with Crippen LogP contribution in [-0.4, -0.2) is 13.2 Å². The molecule has 3 heterocycles. The fourth-order valence-corrected chi connectivity index (χ4v) is 4.84. The summed E-state index contributed by atoms with van der Waals surface area (Å²) in [6, 6.07) is 20.0. The summed E-state index contributed by atoms with van der Waals surface area (Å²) >= 11 is 0. The Kier molecular flexibility index (Phi) is 9.45. The van der Waals surface area contributed by atoms with Crippen molar-refractivity contribution < 1.29 is 14.2 Å². The molecule has 6 rings (SSSR count). The van der Waals surface area contributed by atoms with E-state index in [1.807, 2.05) is 0 Å². The average Bonchev–Trinajstić information content (AvgIpc) is 3.57. The first-order valence-electron chi connectivity index (χ1n) is 14.0. The highest BCUT2D eigenvalue weighted by atomic mass is 16.5. The molecule has 0 atom stereocenters. The van der Waals surface area contributed by atoms with Gasteiger partial charge in [0.05, 0.1) is 33.0 Å². The van der Waals surface area contributed by atoms with E-state index < -0.39 is 0 Å². The van der Waals surface area contributed by atoms with Crippen LogP contribution in [0.5, 0.6) is 5.75 Å². The molecule has 0 saturated carbocycles. The second kappa shape index (κ2) is 12.8. The summed E-state index contributed by atoms with van der Waals surface area (Å²) in [4.78, 5) is 0. The second-order valence-corrected chi connectivity index (χ2v) is 11.3. The van der Waals surface area contributed by atoms with Gasteiger partial charge in [-0.05, 0) is 74.7 Å². The third-order valence-corrected chi connectivity index (χ3v) is 7.47. The minimum atomic E-state index is 0.597. The average molecular weight is 501 g/mol. The molecule has 3 heteroatoms. The van der Waals surface area contributed by atoms with Gasteiger partial charge < -0.3 is 14.2 Å². The third-order valence-electron chi connectivity index (χ3n) is 7.47. The molecule has 0 saturated heterocycles. The summed E-state index contributed by atoms with van der Waals surface area (Å²) in [5.41, 5.74) is 11.2. The van der Waals surface area contributed by atoms with E-state index in [1.165, 1.54) is 44.5 Å². The van der Waals surface area contributed by atoms with Gasteiger partial charge >= 0.3 is 0 Å². The molecule has 0 bridgehead atoms. The number of ether oxygens (including phenoxy) is 3. The summed E-state index contributed by atoms with van der Waals surface area (Å²) in [6.07, 6.45) is 2.15. The molecule has 3 aromatic rings. The van der Waals surface area contributed by atoms with Crippen LogP contribution in [-0.2, 0) is 42.1 Å². The molecule has 0 aromatic heterocycles. The van der Waals surface area contributed by atoms with Crippen molar-refractivity contribution in [2.24, 2.45) is 0 Å². The van der Waals surface area contributed by atoms with Crippen molar-refractivity contribution in [2.45, 2.75) is 92.0 Å². The lowest BCUT2D eigenvalue weighted by Gasteiger charge is -2.18. The Morgan fingerprint density at radius 2 is 0.973 bits per heavy atom. The molecule has 3 nitrogen and oxygen atoms in total. The van der Waals surface area contributed by atoms with Crippen molar-refractivity contribution >= 4 is 0 Å². The Morgan fingerprint density at radius 3 is 1.62 bits per heavy atom. The second-order valence-electron chi connectivity index (χ2n) is 11.3. The lowest BCUT2D eigenvalue weighted by molar-refractivity contribution is 0.110. The molecule has 3 aliphatic rings. The lowest BCUT2D eigenvalue weighted by Crippen LogP contribution is -2.10. The van der Waals surface area contributed by atoms with Crippen LogP contribution in [0.15, 0.2) is 54.6 Å². The van der Waals surface area contributed by atoms with Crippen LogP contribution in [0.4, 0.5) is 0 Å². The van der Waals surface area contributed by atoms with Crippen LogP contribution in [0, 0.1) is 0 Å². The molecule has 0 fully saturated rings. The monoisotopic (exact) mass is 500 g/mol. The molecule has 3 aliphatic heterocycles. The van der Waals surface area contributed by atoms with Crippen LogP contribution >= 0.6 is 0 Å². The molecular formula is C34H44O3. The summed E-state index contributed by atoms with van der Waals surface area (Å²) in [5, 5.41) is 0. The van der Waals surface area contributed by atoms with Gasteiger partial charge in [0.1, 0.15) is 5.75 Å². The maximum atomic E-state index is 5.49. The van der Waals surface area contributed by atoms with E-state index in [0.29, 0.717) is 17.8 Å². The number of fused-ring (bicyclic) bond motifs is 3. The van der Waals surface area contributed by atoms with Crippen molar-refractivity contribution in [2.75, 3.05) is 13.2 Å². The van der Waals surface area contributed by atoms with Crippen molar-refractivity contribution in [1.29, 1.82) is 0 Å². The van der Waals surface area contributed by atoms with Crippen molar-refractivity contribution in [3.63, 3.8) is 0 Å². The fourth-order valence-electron chi connectivity index (χ4n) is 4.84. The molecule has 198 valence electrons. The summed E-state index contributed by atoms with van der Waals surface area (Å²) in [5.74, 6) is 2.93. The Balaban J connectivity index is 0.000000130. The predicted molar refractivity (Wildman–Crippen MR) is 153 cm³/mol. The summed E-state index contributed by atoms with van der Waals surface area (Å²) in [7, 11) is 0. The zero-order valence-corrected chi connectivity index (χ0v) is 23.6. The summed E-state index contributed by atoms with van der Waals surface area (Å²) in [6.45, 7) is 17.4. The number of hydrogen-bond acceptors (Lipinski definition) is 3. The molecule has 0 aliphatic carbocycles. The van der Waals surface area contributed by atoms with E-state index in [4.69, 9.17) is 14.2 Å². The zero-order valence-electron chi connectivity index (χ0n) is 23.6. The normalized spacial score (nSPS) is 15.3. The largest absolute Gasteiger partial charge is 0.493 e. The first-order valence-corrected chi connectivity index (χ1v) is 14.0. The standard InChI is InChI=1S/C12H16O.2C11H14O/c1-9(2)11-4-3-10-5-6-13-8-12(10)7-11;1-8(2)9-3-4-10-6-12-7-11(10)5-9;1-8(2)10-4-3-9-5-6-12-11(9)7-10/h3-4,7,9H,5-6,8H2,1-2H3;3-5,8H,6-7H2,1-2H3;3-4,7-8H,5-6H2,1-2H3. The highest BCUT2D eigenvalue weighted by molar-refractivity contribution is 5.41. The van der Waals surface area contributed by atoms with E-state index in [2.05, 4.69) is 96.1 Å². The first-order chi connectivity index (χ1) is 17.8. The van der Waals surface area contributed by atoms with Gasteiger partial charge in [0.25, 0.3) is 0 Å². The fraction of sp³-hybridized carbons (Fsp3) is 0.471. The lowest BCUT2D eigenvalue weighted by atomic mass is 9.95. The maximum absolute atomic E-state index is 5.49. The zero-order chi connectivity index (χ0) is 26.4. The molecule has 0 radical (unpaired) electrons. The van der Waals surface area contributed by atoms with Gasteiger partial charge in [0.2, 0.25) is 0 Å². The van der Waals surface area contributed by atoms with Crippen LogP contribution in [0.1, 0.15) is 104 Å². The molecule has 0 spiro atoms. The van der Waals surface area contributed by atoms with Crippen LogP contribution in [0.2, 0.25) is 0 Å². The van der Waals surface area contributed by atoms with E-state index in [-0.39, 0.29) is 0 Å². The minimum absolute atomic E-state index is 0.597. The molecule has 3 aromatic carbocycles. The minimum Gasteiger partial charge on any atom is -0.493 e. The maximum Gasteiger partial charge on any atom is 0.122 e. The predicted octanol–water partition coefficient (Wildman–Crippen LogP) is 8.47. The Labute approximate surface area is 224 Å². The van der Waals surface area contributed by atoms with Crippen molar-refractivity contribution in [3.8, 4) is 5.75 Å². The summed E-state index contributed by atoms with van der Waals surface area (Å²) < 4.78 is 16.3. The van der Waals surface area contributed by atoms with Gasteiger partial charge in [-0.3, -0.25) is 0 Å². The highest BCUT2D eigenvalue weighted by Gasteiger charge is 2.13. The van der Waals surface area contributed by atoms with E-state index in [9.17, 15) is 0 Å². The van der Waals surface area contributed by atoms with Gasteiger partial charge in [0, 0.05) is 6.42 Å². The van der Waals surface area contributed by atoms with Gasteiger partial charge in [0.15, 0.2) is 0 Å². The Bertz CT molecular complexity index is 1110. The highest BCUT2D eigenvalue weighted by Crippen LogP contribution is 2.29. The van der Waals surface area contributed by atoms with Crippen molar-refractivity contribution in [1.82, 2.24) is 0 Å². The van der Waals surface area contributed by atoms with Gasteiger partial charge in [-0.1, -0.05) is 90.1 Å². The quantitative estimate of drug-likeness (QED) is 0.361. The molecule has 37 heavy (non-hydrogen) atoms. The van der Waals surface area contributed by atoms with Crippen LogP contribution in [0.3, 0.4) is 0 Å². The van der Waals surface area contributed by atoms with Crippen molar-refractivity contribution in [3.05, 3.63) is 99.1 Å². The van der Waals surface area contributed by atoms with Gasteiger partial charge in [-0.2, -0.15) is 0 Å². The first kappa shape index (κ1) is 27.4. The van der Waals surface area contributed by atoms with Crippen LogP contribution in [0.25, 0.3) is 0 Å². The molecule has 0 unspecified atom stereocenters. The molecule has 0 N–H and O–H groups in total. The number of benzene rings is 3. The van der Waals surface area contributed by atoms with Gasteiger partial charge in [-0.25, -0.2) is 0 Å². The molecular weight excluding hydrogens is 456 g/mol. The van der Waals surface area contributed by atoms with Gasteiger partial charge in [-0.15, -0.1) is 0 Å². The van der Waals surface area contributed by atoms with E-state index in [0.717, 1.165) is 51.6 Å². The third kappa shape index (κ3) is 7.24. The van der Waals surface area contributed by atoms with Crippen LogP contribution < -0.4 is 4.74 Å². The smallest absolute Gasteiger partial charge is 0.122 e. The number of hydrogen-bond donors (Lipinski definition) is 0. The SMILES string of the molecule is CC(C)c1ccc2c(c1)COC2.CC(C)c1ccc2c(c1)COCC2.CC(C)c1ccc2c(c1)OCC2. The Morgan fingerprint density at radius 1 is 0.486 bits per heavy atom. The topological polar surface area (TPSA) is 27.7 Å². The molecule has 0 amide bonds. The van der Waals surface area contributed by atoms with E-state index >= 15 is 0 Å². The number of rotatable bonds is 3.